The summed E-state index contributed by atoms with van der Waals surface area (Å²) in [4.78, 5) is 0. The van der Waals surface area contributed by atoms with Crippen molar-refractivity contribution < 1.29 is 29.7 Å². The fourth-order valence-electron chi connectivity index (χ4n) is 1.43. The second-order valence-electron chi connectivity index (χ2n) is 3.30. The molecule has 0 bridgehead atoms. The number of rotatable bonds is 2. The maximum absolute atomic E-state index is 8.10. The van der Waals surface area contributed by atoms with E-state index in [4.69, 9.17) is 9.60 Å². The zero-order valence-corrected chi connectivity index (χ0v) is 11.4. The SMILES string of the molecule is [2H]c1cc(-c2cc([2H])c([2H])c([2H])c2)c[c-]c1-n1nc([2H])c([2H])c1[2H].[Ir]. The van der Waals surface area contributed by atoms with E-state index >= 15 is 0 Å². The predicted octanol–water partition coefficient (Wildman–Crippen LogP) is 3.34. The van der Waals surface area contributed by atoms with E-state index in [1.54, 1.807) is 0 Å². The van der Waals surface area contributed by atoms with E-state index in [0.717, 1.165) is 4.68 Å². The molecule has 0 spiro atoms. The van der Waals surface area contributed by atoms with Gasteiger partial charge in [0.15, 0.2) is 0 Å². The van der Waals surface area contributed by atoms with Crippen molar-refractivity contribution in [2.24, 2.45) is 0 Å². The fourth-order valence-corrected chi connectivity index (χ4v) is 1.43. The number of benzene rings is 2. The molecule has 2 aromatic carbocycles. The molecule has 3 rings (SSSR count). The van der Waals surface area contributed by atoms with Crippen LogP contribution >= 0.6 is 0 Å². The van der Waals surface area contributed by atoms with Crippen molar-refractivity contribution >= 4 is 0 Å². The average molecular weight is 419 g/mol. The third-order valence-electron chi connectivity index (χ3n) is 2.24. The largest absolute Gasteiger partial charge is 0.266 e. The summed E-state index contributed by atoms with van der Waals surface area (Å²) in [7, 11) is 0. The molecule has 91 valence electrons. The van der Waals surface area contributed by atoms with E-state index in [-0.39, 0.29) is 68.4 Å². The van der Waals surface area contributed by atoms with Crippen LogP contribution in [0.15, 0.2) is 66.8 Å². The van der Waals surface area contributed by atoms with Gasteiger partial charge in [0.25, 0.3) is 0 Å². The Bertz CT molecular complexity index is 932. The fraction of sp³-hybridized carbons (Fsp3) is 0. The van der Waals surface area contributed by atoms with Gasteiger partial charge < -0.3 is 0 Å². The van der Waals surface area contributed by atoms with Gasteiger partial charge in [0, 0.05) is 32.5 Å². The first-order chi connectivity index (χ1) is 11.3. The first-order valence-corrected chi connectivity index (χ1v) is 4.93. The van der Waals surface area contributed by atoms with Crippen LogP contribution in [0.1, 0.15) is 9.60 Å². The summed E-state index contributed by atoms with van der Waals surface area (Å²) >= 11 is 0. The Kier molecular flexibility index (Phi) is 2.07. The molecule has 0 amide bonds. The number of hydrogen-bond acceptors (Lipinski definition) is 1. The standard InChI is InChI=1S/C15H11N2.Ir/c1-2-5-13(6-3-1)14-7-9-15(10-8-14)17-12-4-11-16-17;/h1-9,11-12H;/q-1;/i1D,2D,3D,4D,9D,11D,12D;. The molecule has 3 aromatic rings. The first-order valence-electron chi connectivity index (χ1n) is 8.43. The summed E-state index contributed by atoms with van der Waals surface area (Å²) in [5, 5.41) is 3.76. The van der Waals surface area contributed by atoms with Crippen LogP contribution in [-0.2, 0) is 20.1 Å². The summed E-state index contributed by atoms with van der Waals surface area (Å²) in [5.74, 6) is 0. The molecule has 0 aliphatic heterocycles. The molecule has 18 heavy (non-hydrogen) atoms. The average Bonchev–Trinajstić information content (AvgIpc) is 2.79. The summed E-state index contributed by atoms with van der Waals surface area (Å²) in [6.07, 6.45) is -0.640. The molecule has 1 heterocycles. The Hall–Kier alpha value is -1.70. The molecule has 2 nitrogen and oxygen atoms in total. The molecule has 0 saturated carbocycles. The smallest absolute Gasteiger partial charge is 0.0860 e. The second kappa shape index (κ2) is 5.76. The van der Waals surface area contributed by atoms with Crippen LogP contribution < -0.4 is 0 Å². The maximum Gasteiger partial charge on any atom is 0.0860 e. The quantitative estimate of drug-likeness (QED) is 0.584. The molecular weight excluding hydrogens is 400 g/mol. The van der Waals surface area contributed by atoms with E-state index in [1.807, 2.05) is 0 Å². The molecule has 1 aromatic heterocycles. The predicted molar refractivity (Wildman–Crippen MR) is 67.8 cm³/mol. The summed E-state index contributed by atoms with van der Waals surface area (Å²) in [6, 6.07) is 8.04. The van der Waals surface area contributed by atoms with Crippen LogP contribution in [-0.4, -0.2) is 9.78 Å². The number of nitrogens with zero attached hydrogens (tertiary/aromatic N) is 2. The van der Waals surface area contributed by atoms with Crippen LogP contribution in [0.25, 0.3) is 16.8 Å². The van der Waals surface area contributed by atoms with Crippen molar-refractivity contribution in [3.8, 4) is 16.8 Å². The molecule has 0 atom stereocenters. The minimum Gasteiger partial charge on any atom is -0.266 e. The number of aromatic nitrogens is 2. The minimum atomic E-state index is -0.347. The first kappa shape index (κ1) is 6.46. The van der Waals surface area contributed by atoms with Crippen LogP contribution in [0.4, 0.5) is 0 Å². The summed E-state index contributed by atoms with van der Waals surface area (Å²) in [5.41, 5.74) is 1.21. The molecule has 0 saturated heterocycles. The second-order valence-corrected chi connectivity index (χ2v) is 3.30. The Morgan fingerprint density at radius 1 is 1.06 bits per heavy atom. The summed E-state index contributed by atoms with van der Waals surface area (Å²) < 4.78 is 54.8. The minimum absolute atomic E-state index is 0. The topological polar surface area (TPSA) is 17.8 Å². The number of hydrogen-bond donors (Lipinski definition) is 0. The van der Waals surface area contributed by atoms with Gasteiger partial charge in [-0.15, -0.1) is 11.6 Å². The van der Waals surface area contributed by atoms with Crippen molar-refractivity contribution in [3.05, 3.63) is 72.9 Å². The maximum atomic E-state index is 8.10. The van der Waals surface area contributed by atoms with Crippen molar-refractivity contribution in [1.82, 2.24) is 9.78 Å². The van der Waals surface area contributed by atoms with Gasteiger partial charge in [-0.3, -0.25) is 4.68 Å². The van der Waals surface area contributed by atoms with E-state index in [0.29, 0.717) is 11.1 Å². The van der Waals surface area contributed by atoms with Gasteiger partial charge in [0.05, 0.1) is 8.22 Å². The zero-order valence-electron chi connectivity index (χ0n) is 16.0. The van der Waals surface area contributed by atoms with Crippen LogP contribution in [0.2, 0.25) is 0 Å². The molecule has 0 unspecified atom stereocenters. The van der Waals surface area contributed by atoms with E-state index < -0.39 is 0 Å². The van der Waals surface area contributed by atoms with Crippen LogP contribution in [0.5, 0.6) is 0 Å². The molecule has 0 aliphatic carbocycles. The summed E-state index contributed by atoms with van der Waals surface area (Å²) in [6.45, 7) is 0. The molecule has 0 fully saturated rings. The van der Waals surface area contributed by atoms with E-state index in [1.165, 1.54) is 24.3 Å². The Labute approximate surface area is 129 Å². The zero-order chi connectivity index (χ0) is 17.6. The van der Waals surface area contributed by atoms with Crippen molar-refractivity contribution in [1.29, 1.82) is 0 Å². The van der Waals surface area contributed by atoms with Gasteiger partial charge in [-0.25, -0.2) is 0 Å². The van der Waals surface area contributed by atoms with Gasteiger partial charge in [-0.2, -0.15) is 23.3 Å². The van der Waals surface area contributed by atoms with Gasteiger partial charge in [0.1, 0.15) is 0 Å². The van der Waals surface area contributed by atoms with Crippen molar-refractivity contribution in [3.63, 3.8) is 0 Å². The van der Waals surface area contributed by atoms with Crippen LogP contribution in [0, 0.1) is 6.07 Å². The third-order valence-corrected chi connectivity index (χ3v) is 2.24. The molecule has 3 heteroatoms. The van der Waals surface area contributed by atoms with Crippen molar-refractivity contribution in [2.45, 2.75) is 0 Å². The van der Waals surface area contributed by atoms with Gasteiger partial charge in [0.2, 0.25) is 0 Å². The van der Waals surface area contributed by atoms with Crippen molar-refractivity contribution in [2.75, 3.05) is 0 Å². The molecule has 1 radical (unpaired) electrons. The van der Waals surface area contributed by atoms with E-state index in [9.17, 15) is 0 Å². The van der Waals surface area contributed by atoms with Gasteiger partial charge >= 0.3 is 0 Å². The van der Waals surface area contributed by atoms with Gasteiger partial charge in [-0.05, 0) is 13.1 Å². The Balaban J connectivity index is 0.00000225. The normalized spacial score (nSPS) is 15.2. The van der Waals surface area contributed by atoms with Crippen LogP contribution in [0.3, 0.4) is 0 Å². The third kappa shape index (κ3) is 2.58. The molecular formula is C15H11IrN2-. The van der Waals surface area contributed by atoms with Gasteiger partial charge in [-0.1, -0.05) is 35.8 Å². The molecule has 0 aliphatic rings. The van der Waals surface area contributed by atoms with E-state index in [2.05, 4.69) is 11.2 Å². The molecule has 0 N–H and O–H groups in total. The monoisotopic (exact) mass is 419 g/mol. The Morgan fingerprint density at radius 2 is 1.89 bits per heavy atom. The Morgan fingerprint density at radius 3 is 2.56 bits per heavy atom.